The van der Waals surface area contributed by atoms with Gasteiger partial charge in [0, 0.05) is 0 Å². The first kappa shape index (κ1) is 25.9. The molecule has 0 aromatic carbocycles. The molecule has 0 aromatic heterocycles. The lowest BCUT2D eigenvalue weighted by atomic mass is 10.0. The molecule has 2 N–H and O–H groups in total. The highest BCUT2D eigenvalue weighted by Gasteiger charge is 2.03. The van der Waals surface area contributed by atoms with Crippen molar-refractivity contribution in [3.63, 3.8) is 0 Å². The molecule has 0 fully saturated rings. The van der Waals surface area contributed by atoms with Crippen molar-refractivity contribution in [2.75, 3.05) is 5.75 Å². The summed E-state index contributed by atoms with van der Waals surface area (Å²) in [5.41, 5.74) is 0. The van der Waals surface area contributed by atoms with E-state index in [0.29, 0.717) is 6.42 Å². The zero-order valence-corrected chi connectivity index (χ0v) is 17.9. The molecule has 5 heteroatoms. The molecular formula is C21H44O4S. The maximum Gasteiger partial charge on any atom is 0.264 e. The van der Waals surface area contributed by atoms with Crippen LogP contribution in [0, 0.1) is 0 Å². The van der Waals surface area contributed by atoms with Gasteiger partial charge in [-0.15, -0.1) is 0 Å². The summed E-state index contributed by atoms with van der Waals surface area (Å²) in [5.74, 6) is -0.0908. The molecule has 0 amide bonds. The molecule has 0 aliphatic rings. The van der Waals surface area contributed by atoms with Gasteiger partial charge < -0.3 is 5.11 Å². The second-order valence-electron chi connectivity index (χ2n) is 7.82. The Bertz CT molecular complexity index is 381. The predicted molar refractivity (Wildman–Crippen MR) is 111 cm³/mol. The van der Waals surface area contributed by atoms with Crippen LogP contribution in [0.15, 0.2) is 0 Å². The number of hydrogen-bond donors (Lipinski definition) is 2. The van der Waals surface area contributed by atoms with Crippen molar-refractivity contribution in [1.82, 2.24) is 0 Å². The van der Waals surface area contributed by atoms with Crippen molar-refractivity contribution in [1.29, 1.82) is 0 Å². The smallest absolute Gasteiger partial charge is 0.264 e. The van der Waals surface area contributed by atoms with Crippen LogP contribution in [-0.2, 0) is 10.1 Å². The van der Waals surface area contributed by atoms with Crippen molar-refractivity contribution >= 4 is 10.1 Å². The maximum absolute atomic E-state index is 10.6. The summed E-state index contributed by atoms with van der Waals surface area (Å²) in [6.07, 6.45) is 20.9. The highest BCUT2D eigenvalue weighted by atomic mass is 32.2. The number of aliphatic hydroxyl groups is 1. The highest BCUT2D eigenvalue weighted by molar-refractivity contribution is 7.85. The van der Waals surface area contributed by atoms with Gasteiger partial charge in [0.15, 0.2) is 0 Å². The summed E-state index contributed by atoms with van der Waals surface area (Å²) < 4.78 is 29.8. The Hall–Kier alpha value is -0.130. The molecule has 4 nitrogen and oxygen atoms in total. The third kappa shape index (κ3) is 21.9. The average Bonchev–Trinajstić information content (AvgIpc) is 2.58. The SMILES string of the molecule is CCCCC(O)CCCCCCCCCCCCCCCCS(=O)(=O)O. The van der Waals surface area contributed by atoms with Crippen LogP contribution >= 0.6 is 0 Å². The quantitative estimate of drug-likeness (QED) is 0.189. The molecule has 0 aliphatic heterocycles. The van der Waals surface area contributed by atoms with Crippen molar-refractivity contribution in [2.24, 2.45) is 0 Å². The molecule has 1 atom stereocenters. The fraction of sp³-hybridized carbons (Fsp3) is 1.00. The van der Waals surface area contributed by atoms with E-state index >= 15 is 0 Å². The molecule has 0 aromatic rings. The molecule has 0 bridgehead atoms. The lowest BCUT2D eigenvalue weighted by Crippen LogP contribution is -2.05. The van der Waals surface area contributed by atoms with Crippen LogP contribution in [0.3, 0.4) is 0 Å². The third-order valence-corrected chi connectivity index (χ3v) is 5.89. The predicted octanol–water partition coefficient (Wildman–Crippen LogP) is 6.28. The molecule has 0 radical (unpaired) electrons. The van der Waals surface area contributed by atoms with Gasteiger partial charge >= 0.3 is 0 Å². The van der Waals surface area contributed by atoms with Gasteiger partial charge in [-0.1, -0.05) is 103 Å². The van der Waals surface area contributed by atoms with E-state index in [0.717, 1.165) is 32.1 Å². The van der Waals surface area contributed by atoms with Gasteiger partial charge in [0.05, 0.1) is 11.9 Å². The molecule has 0 aliphatic carbocycles. The van der Waals surface area contributed by atoms with E-state index in [1.165, 1.54) is 77.0 Å². The summed E-state index contributed by atoms with van der Waals surface area (Å²) in [6, 6.07) is 0. The van der Waals surface area contributed by atoms with E-state index in [-0.39, 0.29) is 11.9 Å². The summed E-state index contributed by atoms with van der Waals surface area (Å²) in [7, 11) is -3.76. The van der Waals surface area contributed by atoms with Gasteiger partial charge in [0.2, 0.25) is 0 Å². The summed E-state index contributed by atoms with van der Waals surface area (Å²) in [5, 5.41) is 9.78. The van der Waals surface area contributed by atoms with E-state index in [2.05, 4.69) is 6.92 Å². The Morgan fingerprint density at radius 3 is 1.35 bits per heavy atom. The molecule has 0 saturated carbocycles. The van der Waals surface area contributed by atoms with Crippen LogP contribution in [0.1, 0.15) is 122 Å². The zero-order chi connectivity index (χ0) is 19.5. The van der Waals surface area contributed by atoms with Crippen molar-refractivity contribution < 1.29 is 18.1 Å². The van der Waals surface area contributed by atoms with Crippen LogP contribution < -0.4 is 0 Å². The van der Waals surface area contributed by atoms with Crippen LogP contribution in [-0.4, -0.2) is 29.9 Å². The lowest BCUT2D eigenvalue weighted by Gasteiger charge is -2.09. The summed E-state index contributed by atoms with van der Waals surface area (Å²) in [6.45, 7) is 2.17. The topological polar surface area (TPSA) is 74.6 Å². The average molecular weight is 393 g/mol. The van der Waals surface area contributed by atoms with E-state index in [1.807, 2.05) is 0 Å². The Labute approximate surface area is 162 Å². The van der Waals surface area contributed by atoms with Gasteiger partial charge in [0.1, 0.15) is 0 Å². The normalized spacial score (nSPS) is 13.2. The van der Waals surface area contributed by atoms with E-state index in [9.17, 15) is 13.5 Å². The molecule has 1 unspecified atom stereocenters. The Balaban J connectivity index is 3.11. The Morgan fingerprint density at radius 2 is 0.962 bits per heavy atom. The summed E-state index contributed by atoms with van der Waals surface area (Å²) in [4.78, 5) is 0. The standard InChI is InChI=1S/C21H44O4S/c1-2-3-18-21(22)19-16-14-12-10-8-6-4-5-7-9-11-13-15-17-20-26(23,24)25/h21-22H,2-20H2,1H3,(H,23,24,25). The first-order valence-electron chi connectivity index (χ1n) is 11.1. The van der Waals surface area contributed by atoms with E-state index < -0.39 is 10.1 Å². The van der Waals surface area contributed by atoms with Gasteiger partial charge in [0.25, 0.3) is 10.1 Å². The number of unbranched alkanes of at least 4 members (excludes halogenated alkanes) is 14. The molecule has 0 heterocycles. The fourth-order valence-electron chi connectivity index (χ4n) is 3.37. The minimum absolute atomic E-state index is 0.0716. The molecule has 0 spiro atoms. The van der Waals surface area contributed by atoms with Gasteiger partial charge in [-0.25, -0.2) is 0 Å². The Kier molecular flexibility index (Phi) is 18.2. The molecule has 158 valence electrons. The first-order valence-corrected chi connectivity index (χ1v) is 12.7. The monoisotopic (exact) mass is 392 g/mol. The maximum atomic E-state index is 10.6. The van der Waals surface area contributed by atoms with Crippen LogP contribution in [0.4, 0.5) is 0 Å². The van der Waals surface area contributed by atoms with Crippen LogP contribution in [0.2, 0.25) is 0 Å². The zero-order valence-electron chi connectivity index (χ0n) is 17.1. The minimum Gasteiger partial charge on any atom is -0.393 e. The summed E-state index contributed by atoms with van der Waals surface area (Å²) >= 11 is 0. The van der Waals surface area contributed by atoms with Gasteiger partial charge in [-0.05, 0) is 19.3 Å². The van der Waals surface area contributed by atoms with Gasteiger partial charge in [-0.3, -0.25) is 4.55 Å². The largest absolute Gasteiger partial charge is 0.393 e. The molecular weight excluding hydrogens is 348 g/mol. The van der Waals surface area contributed by atoms with E-state index in [4.69, 9.17) is 4.55 Å². The van der Waals surface area contributed by atoms with E-state index in [1.54, 1.807) is 0 Å². The fourth-order valence-corrected chi connectivity index (χ4v) is 3.94. The van der Waals surface area contributed by atoms with Crippen molar-refractivity contribution in [3.8, 4) is 0 Å². The third-order valence-electron chi connectivity index (χ3n) is 5.08. The van der Waals surface area contributed by atoms with Crippen molar-refractivity contribution in [3.05, 3.63) is 0 Å². The number of aliphatic hydroxyl groups excluding tert-OH is 1. The van der Waals surface area contributed by atoms with Crippen LogP contribution in [0.25, 0.3) is 0 Å². The second-order valence-corrected chi connectivity index (χ2v) is 9.39. The number of hydrogen-bond acceptors (Lipinski definition) is 3. The van der Waals surface area contributed by atoms with Crippen molar-refractivity contribution in [2.45, 2.75) is 129 Å². The van der Waals surface area contributed by atoms with Gasteiger partial charge in [-0.2, -0.15) is 8.42 Å². The molecule has 0 rings (SSSR count). The first-order chi connectivity index (χ1) is 12.5. The lowest BCUT2D eigenvalue weighted by molar-refractivity contribution is 0.148. The Morgan fingerprint density at radius 1 is 0.615 bits per heavy atom. The van der Waals surface area contributed by atoms with Crippen LogP contribution in [0.5, 0.6) is 0 Å². The molecule has 26 heavy (non-hydrogen) atoms. The minimum atomic E-state index is -3.76. The second kappa shape index (κ2) is 18.2. The highest BCUT2D eigenvalue weighted by Crippen LogP contribution is 2.14. The molecule has 0 saturated heterocycles. The number of rotatable bonds is 20.